The maximum absolute atomic E-state index is 13.7. The fourth-order valence-corrected chi connectivity index (χ4v) is 5.04. The highest BCUT2D eigenvalue weighted by Crippen LogP contribution is 2.32. The average Bonchev–Trinajstić information content (AvgIpc) is 3.00. The quantitative estimate of drug-likeness (QED) is 0.194. The summed E-state index contributed by atoms with van der Waals surface area (Å²) in [4.78, 5) is 36.7. The highest BCUT2D eigenvalue weighted by Gasteiger charge is 2.32. The van der Waals surface area contributed by atoms with E-state index in [1.54, 1.807) is 24.3 Å². The van der Waals surface area contributed by atoms with Crippen molar-refractivity contribution in [3.8, 4) is 5.75 Å². The number of aliphatic hydroxyl groups excluding tert-OH is 1. The van der Waals surface area contributed by atoms with Crippen molar-refractivity contribution >= 4 is 29.0 Å². The number of rotatable bonds is 12. The zero-order valence-electron chi connectivity index (χ0n) is 23.8. The monoisotopic (exact) mass is 610 g/mol. The molecule has 1 atom stereocenters. The predicted octanol–water partition coefficient (Wildman–Crippen LogP) is 6.20. The molecule has 4 rings (SSSR count). The molecule has 0 saturated carbocycles. The van der Waals surface area contributed by atoms with E-state index in [1.165, 1.54) is 17.7 Å². The Bertz CT molecular complexity index is 1500. The summed E-state index contributed by atoms with van der Waals surface area (Å²) in [5, 5.41) is 23.7. The van der Waals surface area contributed by atoms with Crippen molar-refractivity contribution < 1.29 is 42.5 Å². The molecule has 1 aliphatic carbocycles. The second kappa shape index (κ2) is 14.7. The highest BCUT2D eigenvalue weighted by atomic mass is 19.4. The molecule has 0 aliphatic heterocycles. The number of ether oxygens (including phenoxy) is 1. The summed E-state index contributed by atoms with van der Waals surface area (Å²) in [5.41, 5.74) is 4.20. The Morgan fingerprint density at radius 2 is 1.68 bits per heavy atom. The number of halogens is 3. The van der Waals surface area contributed by atoms with Gasteiger partial charge in [-0.2, -0.15) is 0 Å². The molecule has 3 aromatic rings. The number of hydrogen-bond acceptors (Lipinski definition) is 5. The third kappa shape index (κ3) is 9.18. The van der Waals surface area contributed by atoms with Crippen LogP contribution in [0.4, 0.5) is 18.9 Å². The maximum atomic E-state index is 13.7. The Labute approximate surface area is 252 Å². The van der Waals surface area contributed by atoms with E-state index >= 15 is 0 Å². The molecule has 0 bridgehead atoms. The van der Waals surface area contributed by atoms with E-state index in [1.807, 2.05) is 24.3 Å². The van der Waals surface area contributed by atoms with Crippen LogP contribution in [0.2, 0.25) is 0 Å². The van der Waals surface area contributed by atoms with Crippen LogP contribution in [0.5, 0.6) is 5.75 Å². The van der Waals surface area contributed by atoms with Gasteiger partial charge in [-0.15, -0.1) is 13.2 Å². The van der Waals surface area contributed by atoms with Gasteiger partial charge in [0.2, 0.25) is 5.91 Å². The molecule has 0 radical (unpaired) electrons. The van der Waals surface area contributed by atoms with Crippen LogP contribution in [0, 0.1) is 0 Å². The number of anilines is 1. The van der Waals surface area contributed by atoms with Crippen LogP contribution in [0.25, 0.3) is 5.57 Å². The van der Waals surface area contributed by atoms with Crippen LogP contribution in [0.1, 0.15) is 70.6 Å². The molecule has 0 fully saturated rings. The van der Waals surface area contributed by atoms with E-state index < -0.39 is 42.4 Å². The summed E-state index contributed by atoms with van der Waals surface area (Å²) >= 11 is 0. The van der Waals surface area contributed by atoms with E-state index in [2.05, 4.69) is 21.4 Å². The van der Waals surface area contributed by atoms with Crippen LogP contribution in [0.3, 0.4) is 0 Å². The highest BCUT2D eigenvalue weighted by molar-refractivity contribution is 5.96. The molecule has 1 unspecified atom stereocenters. The number of aliphatic hydroxyl groups is 1. The van der Waals surface area contributed by atoms with Crippen LogP contribution in [-0.4, -0.2) is 40.9 Å². The van der Waals surface area contributed by atoms with Gasteiger partial charge in [0.05, 0.1) is 18.9 Å². The molecule has 0 heterocycles. The Hall–Kier alpha value is -4.64. The third-order valence-corrected chi connectivity index (χ3v) is 7.30. The van der Waals surface area contributed by atoms with Crippen molar-refractivity contribution in [1.29, 1.82) is 0 Å². The largest absolute Gasteiger partial charge is 0.573 e. The first-order chi connectivity index (χ1) is 21.0. The first kappa shape index (κ1) is 32.3. The van der Waals surface area contributed by atoms with E-state index in [0.717, 1.165) is 48.4 Å². The molecule has 2 amide bonds. The van der Waals surface area contributed by atoms with E-state index in [0.29, 0.717) is 5.56 Å². The Kier molecular flexibility index (Phi) is 10.8. The van der Waals surface area contributed by atoms with E-state index in [9.17, 15) is 32.7 Å². The van der Waals surface area contributed by atoms with Gasteiger partial charge < -0.3 is 25.6 Å². The second-order valence-corrected chi connectivity index (χ2v) is 10.5. The number of carbonyl (C=O) groups is 3. The van der Waals surface area contributed by atoms with Gasteiger partial charge in [0.1, 0.15) is 5.75 Å². The smallest absolute Gasteiger partial charge is 0.481 e. The molecule has 8 nitrogen and oxygen atoms in total. The van der Waals surface area contributed by atoms with Gasteiger partial charge in [-0.1, -0.05) is 42.5 Å². The van der Waals surface area contributed by atoms with E-state index in [-0.39, 0.29) is 30.6 Å². The topological polar surface area (TPSA) is 125 Å². The summed E-state index contributed by atoms with van der Waals surface area (Å²) in [6.45, 7) is -0.738. The lowest BCUT2D eigenvalue weighted by Crippen LogP contribution is -2.26. The predicted molar refractivity (Wildman–Crippen MR) is 158 cm³/mol. The van der Waals surface area contributed by atoms with Crippen LogP contribution < -0.4 is 15.4 Å². The minimum absolute atomic E-state index is 0.00757. The minimum Gasteiger partial charge on any atom is -0.481 e. The summed E-state index contributed by atoms with van der Waals surface area (Å²) in [5.74, 6) is -3.12. The minimum atomic E-state index is -4.94. The van der Waals surface area contributed by atoms with Crippen LogP contribution in [-0.2, 0) is 22.6 Å². The first-order valence-corrected chi connectivity index (χ1v) is 14.2. The number of alkyl halides is 3. The number of hydrogen-bond donors (Lipinski definition) is 4. The molecule has 1 aliphatic rings. The zero-order chi connectivity index (χ0) is 31.7. The number of carbonyl (C=O) groups excluding carboxylic acids is 2. The Morgan fingerprint density at radius 3 is 2.30 bits per heavy atom. The van der Waals surface area contributed by atoms with Crippen molar-refractivity contribution in [2.45, 2.75) is 57.4 Å². The van der Waals surface area contributed by atoms with Gasteiger partial charge in [0, 0.05) is 23.4 Å². The summed E-state index contributed by atoms with van der Waals surface area (Å²) < 4.78 is 42.2. The van der Waals surface area contributed by atoms with Gasteiger partial charge in [-0.05, 0) is 84.7 Å². The molecule has 11 heteroatoms. The normalized spacial score (nSPS) is 13.9. The summed E-state index contributed by atoms with van der Waals surface area (Å²) in [6, 6.07) is 17.9. The Morgan fingerprint density at radius 1 is 0.955 bits per heavy atom. The molecular formula is C33H33F3N2O6. The standard InChI is InChI=1S/C33H33F3N2O6/c34-33(35,36)44-29-15-14-27(19-26(29)20-39)38-32(43)28(24-12-10-23(11-13-24)22-4-2-1-3-5-22)18-21-6-8-25(9-7-21)31(42)37-17-16-30(40)41/h4,6-15,19,28,39H,1-3,5,16-18,20H2,(H,37,42)(H,38,43)(H,40,41). The number of carboxylic acid groups (broad SMARTS) is 1. The average molecular weight is 611 g/mol. The maximum Gasteiger partial charge on any atom is 0.573 e. The number of allylic oxidation sites excluding steroid dienone is 2. The molecule has 44 heavy (non-hydrogen) atoms. The number of amides is 2. The van der Waals surface area contributed by atoms with Gasteiger partial charge in [-0.3, -0.25) is 14.4 Å². The van der Waals surface area contributed by atoms with Crippen molar-refractivity contribution in [1.82, 2.24) is 5.32 Å². The molecular weight excluding hydrogens is 577 g/mol. The third-order valence-electron chi connectivity index (χ3n) is 7.30. The van der Waals surface area contributed by atoms with Crippen molar-refractivity contribution in [2.24, 2.45) is 0 Å². The molecule has 0 saturated heterocycles. The fourth-order valence-electron chi connectivity index (χ4n) is 5.04. The first-order valence-electron chi connectivity index (χ1n) is 14.2. The number of carboxylic acids is 1. The fraction of sp³-hybridized carbons (Fsp3) is 0.303. The van der Waals surface area contributed by atoms with Gasteiger partial charge in [0.25, 0.3) is 5.91 Å². The molecule has 0 spiro atoms. The lowest BCUT2D eigenvalue weighted by Gasteiger charge is -2.20. The number of aliphatic carboxylic acids is 1. The molecule has 3 aromatic carbocycles. The van der Waals surface area contributed by atoms with E-state index in [4.69, 9.17) is 5.11 Å². The van der Waals surface area contributed by atoms with Gasteiger partial charge in [-0.25, -0.2) is 0 Å². The second-order valence-electron chi connectivity index (χ2n) is 10.5. The van der Waals surface area contributed by atoms with Gasteiger partial charge >= 0.3 is 12.3 Å². The number of nitrogens with one attached hydrogen (secondary N) is 2. The Balaban J connectivity index is 1.56. The summed E-state index contributed by atoms with van der Waals surface area (Å²) in [7, 11) is 0. The molecule has 232 valence electrons. The lowest BCUT2D eigenvalue weighted by atomic mass is 9.88. The van der Waals surface area contributed by atoms with Crippen LogP contribution >= 0.6 is 0 Å². The summed E-state index contributed by atoms with van der Waals surface area (Å²) in [6.07, 6.45) is 1.63. The lowest BCUT2D eigenvalue weighted by molar-refractivity contribution is -0.275. The number of benzene rings is 3. The molecule has 0 aromatic heterocycles. The van der Waals surface area contributed by atoms with Crippen LogP contribution in [0.15, 0.2) is 72.8 Å². The van der Waals surface area contributed by atoms with Crippen molar-refractivity contribution in [3.05, 3.63) is 101 Å². The van der Waals surface area contributed by atoms with Gasteiger partial charge in [0.15, 0.2) is 0 Å². The SMILES string of the molecule is O=C(O)CCNC(=O)c1ccc(CC(C(=O)Nc2ccc(OC(F)(F)F)c(CO)c2)c2ccc(C3=CCCCC3)cc2)cc1. The molecule has 4 N–H and O–H groups in total. The van der Waals surface area contributed by atoms with Crippen molar-refractivity contribution in [3.63, 3.8) is 0 Å². The van der Waals surface area contributed by atoms with Crippen molar-refractivity contribution in [2.75, 3.05) is 11.9 Å². The zero-order valence-corrected chi connectivity index (χ0v) is 23.8.